The van der Waals surface area contributed by atoms with E-state index in [1.807, 2.05) is 12.4 Å². The topological polar surface area (TPSA) is 63.3 Å². The summed E-state index contributed by atoms with van der Waals surface area (Å²) in [5, 5.41) is 3.01. The van der Waals surface area contributed by atoms with Crippen molar-refractivity contribution in [2.24, 2.45) is 0 Å². The second-order valence-corrected chi connectivity index (χ2v) is 9.59. The van der Waals surface area contributed by atoms with Crippen molar-refractivity contribution >= 4 is 5.91 Å². The van der Waals surface area contributed by atoms with Crippen LogP contribution >= 0.6 is 0 Å². The second kappa shape index (κ2) is 10.1. The Kier molecular flexibility index (Phi) is 6.81. The minimum absolute atomic E-state index is 0.199. The van der Waals surface area contributed by atoms with Crippen molar-refractivity contribution in [1.29, 1.82) is 0 Å². The zero-order valence-electron chi connectivity index (χ0n) is 19.8. The summed E-state index contributed by atoms with van der Waals surface area (Å²) >= 11 is 0. The number of benzene rings is 1. The first kappa shape index (κ1) is 22.8. The fourth-order valence-corrected chi connectivity index (χ4v) is 5.32. The molecule has 6 nitrogen and oxygen atoms in total. The van der Waals surface area contributed by atoms with Gasteiger partial charge in [-0.05, 0) is 88.5 Å². The first-order chi connectivity index (χ1) is 16.6. The summed E-state index contributed by atoms with van der Waals surface area (Å²) in [5.41, 5.74) is 2.42. The highest BCUT2D eigenvalue weighted by molar-refractivity contribution is 5.92. The molecular weight excluding hydrogens is 431 g/mol. The summed E-state index contributed by atoms with van der Waals surface area (Å²) in [6.45, 7) is 5.15. The Morgan fingerprint density at radius 2 is 1.85 bits per heavy atom. The second-order valence-electron chi connectivity index (χ2n) is 9.59. The number of carbonyl (C=O) groups excluding carboxylic acids is 1. The number of nitrogens with zero attached hydrogens (tertiary/aromatic N) is 3. The standard InChI is InChI=1S/C27H33FN4O2/c1-19(31-16-4-5-17-31)14-15-29-27(33)24-13-12-23(34-24)26-25(20-8-10-21(28)11-9-20)30-18-32(26)22-6-2-3-7-22/h8-13,18-19,22H,2-7,14-17H2,1H3,(H,29,33)/t19-/m0/s1. The molecule has 5 rings (SSSR count). The smallest absolute Gasteiger partial charge is 0.287 e. The van der Waals surface area contributed by atoms with E-state index >= 15 is 0 Å². The molecule has 1 amide bonds. The van der Waals surface area contributed by atoms with Gasteiger partial charge in [0.2, 0.25) is 0 Å². The van der Waals surface area contributed by atoms with Crippen LogP contribution in [-0.4, -0.2) is 46.0 Å². The molecule has 1 saturated heterocycles. The summed E-state index contributed by atoms with van der Waals surface area (Å²) < 4.78 is 21.8. The molecule has 3 aromatic rings. The van der Waals surface area contributed by atoms with Gasteiger partial charge in [-0.25, -0.2) is 9.37 Å². The SMILES string of the molecule is C[C@@H](CCNC(=O)c1ccc(-c2c(-c3ccc(F)cc3)ncn2C2CCCC2)o1)N1CCCC1. The van der Waals surface area contributed by atoms with Crippen molar-refractivity contribution in [3.05, 3.63) is 54.3 Å². The molecule has 2 aromatic heterocycles. The van der Waals surface area contributed by atoms with Gasteiger partial charge in [0.25, 0.3) is 5.91 Å². The van der Waals surface area contributed by atoms with E-state index in [4.69, 9.17) is 4.42 Å². The summed E-state index contributed by atoms with van der Waals surface area (Å²) in [6.07, 6.45) is 9.87. The van der Waals surface area contributed by atoms with Crippen molar-refractivity contribution in [3.63, 3.8) is 0 Å². The number of carbonyl (C=O) groups is 1. The van der Waals surface area contributed by atoms with Crippen molar-refractivity contribution in [3.8, 4) is 22.7 Å². The average molecular weight is 465 g/mol. The molecule has 1 N–H and O–H groups in total. The lowest BCUT2D eigenvalue weighted by Crippen LogP contribution is -2.34. The largest absolute Gasteiger partial charge is 0.449 e. The number of likely N-dealkylation sites (tertiary alicyclic amines) is 1. The van der Waals surface area contributed by atoms with Gasteiger partial charge >= 0.3 is 0 Å². The normalized spacial score (nSPS) is 17.9. The van der Waals surface area contributed by atoms with Gasteiger partial charge in [0.05, 0.1) is 12.0 Å². The Labute approximate surface area is 200 Å². The maximum Gasteiger partial charge on any atom is 0.287 e. The minimum Gasteiger partial charge on any atom is -0.449 e. The van der Waals surface area contributed by atoms with E-state index in [0.717, 1.165) is 49.3 Å². The van der Waals surface area contributed by atoms with E-state index in [1.54, 1.807) is 18.2 Å². The summed E-state index contributed by atoms with van der Waals surface area (Å²) in [4.78, 5) is 19.9. The Bertz CT molecular complexity index is 1110. The third-order valence-corrected chi connectivity index (χ3v) is 7.30. The van der Waals surface area contributed by atoms with Crippen molar-refractivity contribution in [2.75, 3.05) is 19.6 Å². The van der Waals surface area contributed by atoms with Crippen molar-refractivity contribution in [2.45, 2.75) is 64.0 Å². The van der Waals surface area contributed by atoms with Crippen LogP contribution in [0.1, 0.15) is 68.5 Å². The van der Waals surface area contributed by atoms with Crippen LogP contribution in [0.5, 0.6) is 0 Å². The number of nitrogens with one attached hydrogen (secondary N) is 1. The summed E-state index contributed by atoms with van der Waals surface area (Å²) in [6, 6.07) is 10.7. The molecule has 0 bridgehead atoms. The zero-order chi connectivity index (χ0) is 23.5. The van der Waals surface area contributed by atoms with Crippen LogP contribution < -0.4 is 5.32 Å². The molecule has 1 saturated carbocycles. The van der Waals surface area contributed by atoms with Gasteiger partial charge < -0.3 is 19.2 Å². The van der Waals surface area contributed by atoms with E-state index < -0.39 is 0 Å². The number of hydrogen-bond acceptors (Lipinski definition) is 4. The van der Waals surface area contributed by atoms with E-state index in [9.17, 15) is 9.18 Å². The Balaban J connectivity index is 1.34. The molecule has 1 aliphatic heterocycles. The maximum atomic E-state index is 13.5. The van der Waals surface area contributed by atoms with Crippen LogP contribution in [0.4, 0.5) is 4.39 Å². The van der Waals surface area contributed by atoms with E-state index in [2.05, 4.69) is 26.7 Å². The van der Waals surface area contributed by atoms with Gasteiger partial charge in [0.15, 0.2) is 11.5 Å². The molecule has 0 radical (unpaired) electrons. The number of rotatable bonds is 8. The maximum absolute atomic E-state index is 13.5. The highest BCUT2D eigenvalue weighted by atomic mass is 19.1. The fraction of sp³-hybridized carbons (Fsp3) is 0.481. The summed E-state index contributed by atoms with van der Waals surface area (Å²) in [7, 11) is 0. The molecule has 3 heterocycles. The summed E-state index contributed by atoms with van der Waals surface area (Å²) in [5.74, 6) is 0.430. The number of halogens is 1. The molecule has 2 fully saturated rings. The predicted molar refractivity (Wildman–Crippen MR) is 130 cm³/mol. The van der Waals surface area contributed by atoms with Crippen LogP contribution in [0.25, 0.3) is 22.7 Å². The molecule has 1 aromatic carbocycles. The van der Waals surface area contributed by atoms with Crippen LogP contribution in [0.2, 0.25) is 0 Å². The van der Waals surface area contributed by atoms with Gasteiger partial charge in [0, 0.05) is 24.2 Å². The van der Waals surface area contributed by atoms with Gasteiger partial charge in [-0.1, -0.05) is 12.8 Å². The fourth-order valence-electron chi connectivity index (χ4n) is 5.32. The van der Waals surface area contributed by atoms with Gasteiger partial charge in [0.1, 0.15) is 11.5 Å². The van der Waals surface area contributed by atoms with Crippen LogP contribution in [0.3, 0.4) is 0 Å². The quantitative estimate of drug-likeness (QED) is 0.467. The number of furan rings is 1. The van der Waals surface area contributed by atoms with Gasteiger partial charge in [-0.3, -0.25) is 4.79 Å². The van der Waals surface area contributed by atoms with Gasteiger partial charge in [-0.2, -0.15) is 0 Å². The third kappa shape index (κ3) is 4.80. The monoisotopic (exact) mass is 464 g/mol. The Hall–Kier alpha value is -2.93. The molecule has 7 heteroatoms. The highest BCUT2D eigenvalue weighted by Crippen LogP contribution is 2.39. The molecule has 34 heavy (non-hydrogen) atoms. The van der Waals surface area contributed by atoms with Crippen molar-refractivity contribution in [1.82, 2.24) is 19.8 Å². The van der Waals surface area contributed by atoms with Crippen LogP contribution in [0.15, 0.2) is 47.1 Å². The molecule has 0 unspecified atom stereocenters. The number of aromatic nitrogens is 2. The first-order valence-corrected chi connectivity index (χ1v) is 12.6. The third-order valence-electron chi connectivity index (χ3n) is 7.30. The first-order valence-electron chi connectivity index (χ1n) is 12.6. The predicted octanol–water partition coefficient (Wildman–Crippen LogP) is 5.67. The average Bonchev–Trinajstić information content (AvgIpc) is 3.64. The van der Waals surface area contributed by atoms with Crippen LogP contribution in [-0.2, 0) is 0 Å². The van der Waals surface area contributed by atoms with Crippen molar-refractivity contribution < 1.29 is 13.6 Å². The lowest BCUT2D eigenvalue weighted by Gasteiger charge is -2.23. The Morgan fingerprint density at radius 3 is 2.59 bits per heavy atom. The highest BCUT2D eigenvalue weighted by Gasteiger charge is 2.26. The molecule has 1 aliphatic carbocycles. The minimum atomic E-state index is -0.281. The zero-order valence-corrected chi connectivity index (χ0v) is 19.8. The molecule has 180 valence electrons. The lowest BCUT2D eigenvalue weighted by molar-refractivity contribution is 0.0922. The number of amides is 1. The Morgan fingerprint density at radius 1 is 1.12 bits per heavy atom. The number of hydrogen-bond donors (Lipinski definition) is 1. The van der Waals surface area contributed by atoms with E-state index in [-0.39, 0.29) is 11.7 Å². The molecule has 1 atom stereocenters. The molecule has 2 aliphatic rings. The molecular formula is C27H33FN4O2. The molecule has 0 spiro atoms. The van der Waals surface area contributed by atoms with E-state index in [0.29, 0.717) is 30.1 Å². The van der Waals surface area contributed by atoms with E-state index in [1.165, 1.54) is 37.8 Å². The van der Waals surface area contributed by atoms with Crippen LogP contribution in [0, 0.1) is 5.82 Å². The van der Waals surface area contributed by atoms with Gasteiger partial charge in [-0.15, -0.1) is 0 Å². The lowest BCUT2D eigenvalue weighted by atomic mass is 10.1. The number of imidazole rings is 1.